The molecule has 1 aliphatic rings. The Morgan fingerprint density at radius 2 is 2.06 bits per heavy atom. The molecule has 1 amide bonds. The molecule has 0 unspecified atom stereocenters. The van der Waals surface area contributed by atoms with E-state index in [2.05, 4.69) is 11.4 Å². The summed E-state index contributed by atoms with van der Waals surface area (Å²) >= 11 is 6.85. The van der Waals surface area contributed by atoms with Gasteiger partial charge in [-0.15, -0.1) is 11.3 Å². The highest BCUT2D eigenvalue weighted by Crippen LogP contribution is 2.35. The average molecular weight is 492 g/mol. The Morgan fingerprint density at radius 1 is 1.31 bits per heavy atom. The predicted molar refractivity (Wildman–Crippen MR) is 125 cm³/mol. The number of likely N-dealkylation sites (tertiary alicyclic amines) is 1. The molecule has 0 aliphatic carbocycles. The largest absolute Gasteiger partial charge is 0.337 e. The summed E-state index contributed by atoms with van der Waals surface area (Å²) in [5, 5.41) is 13.1. The molecule has 1 aliphatic heterocycles. The third-order valence-corrected chi connectivity index (χ3v) is 8.12. The molecule has 2 aromatic carbocycles. The van der Waals surface area contributed by atoms with Crippen molar-refractivity contribution < 1.29 is 17.8 Å². The van der Waals surface area contributed by atoms with Crippen LogP contribution in [0, 0.1) is 18.3 Å². The first-order chi connectivity index (χ1) is 15.1. The summed E-state index contributed by atoms with van der Waals surface area (Å²) in [4.78, 5) is 13.7. The van der Waals surface area contributed by atoms with E-state index in [-0.39, 0.29) is 16.2 Å². The molecule has 3 aromatic rings. The van der Waals surface area contributed by atoms with Crippen LogP contribution in [0.5, 0.6) is 0 Å². The van der Waals surface area contributed by atoms with Crippen LogP contribution in [0.25, 0.3) is 10.1 Å². The van der Waals surface area contributed by atoms with Crippen LogP contribution in [-0.4, -0.2) is 43.4 Å². The highest BCUT2D eigenvalue weighted by atomic mass is 35.5. The summed E-state index contributed by atoms with van der Waals surface area (Å²) in [6, 6.07) is 14.6. The number of likely N-dealkylation sites (N-methyl/N-ethyl adjacent to an activating group) is 1. The van der Waals surface area contributed by atoms with Crippen molar-refractivity contribution in [3.8, 4) is 6.07 Å². The lowest BCUT2D eigenvalue weighted by atomic mass is 10.1. The number of hydrogen-bond donors (Lipinski definition) is 2. The first-order valence-corrected chi connectivity index (χ1v) is 12.4. The van der Waals surface area contributed by atoms with Gasteiger partial charge in [0.2, 0.25) is 5.91 Å². The van der Waals surface area contributed by atoms with Gasteiger partial charge in [-0.2, -0.15) is 13.7 Å². The topological polar surface area (TPSA) is 111 Å². The zero-order valence-electron chi connectivity index (χ0n) is 17.5. The zero-order chi connectivity index (χ0) is 23.5. The van der Waals surface area contributed by atoms with E-state index in [0.29, 0.717) is 22.7 Å². The van der Waals surface area contributed by atoms with Crippen LogP contribution >= 0.6 is 22.9 Å². The number of aryl methyl sites for hydroxylation is 1. The molecule has 1 aromatic heterocycles. The molecule has 2 heterocycles. The molecule has 4 rings (SSSR count). The van der Waals surface area contributed by atoms with Crippen LogP contribution in [0.4, 0.5) is 0 Å². The smallest absolute Gasteiger partial charge is 0.304 e. The van der Waals surface area contributed by atoms with Crippen LogP contribution in [0.15, 0.2) is 46.7 Å². The van der Waals surface area contributed by atoms with Gasteiger partial charge in [-0.3, -0.25) is 9.35 Å². The van der Waals surface area contributed by atoms with Crippen molar-refractivity contribution in [2.45, 2.75) is 30.1 Å². The maximum absolute atomic E-state index is 11.9. The summed E-state index contributed by atoms with van der Waals surface area (Å²) in [6.07, 6.45) is 0.854. The van der Waals surface area contributed by atoms with Gasteiger partial charge in [0.15, 0.2) is 4.21 Å². The Labute approximate surface area is 196 Å². The lowest BCUT2D eigenvalue weighted by molar-refractivity contribution is -0.129. The fourth-order valence-corrected chi connectivity index (χ4v) is 5.82. The minimum absolute atomic E-state index is 0.0141. The van der Waals surface area contributed by atoms with Crippen molar-refractivity contribution in [1.29, 1.82) is 5.26 Å². The van der Waals surface area contributed by atoms with Crippen LogP contribution in [0.2, 0.25) is 5.02 Å². The number of thiophene rings is 1. The average Bonchev–Trinajstić information content (AvgIpc) is 3.28. The predicted octanol–water partition coefficient (Wildman–Crippen LogP) is 3.99. The fourth-order valence-electron chi connectivity index (χ4n) is 3.54. The van der Waals surface area contributed by atoms with Crippen molar-refractivity contribution in [2.24, 2.45) is 0 Å². The number of carbonyl (C=O) groups excluding carboxylic acids is 1. The molecule has 10 heteroatoms. The number of halogens is 1. The minimum Gasteiger partial charge on any atom is -0.337 e. The minimum atomic E-state index is -4.13. The SMILES string of the molecule is CN[C@H]1CCN(Cc2cccc(C#N)c2)C1=O.Cc1c(S(=O)(=O)O)sc2ccc(Cl)cc12. The molecule has 168 valence electrons. The van der Waals surface area contributed by atoms with Gasteiger partial charge in [-0.05, 0) is 67.2 Å². The van der Waals surface area contributed by atoms with E-state index in [1.807, 2.05) is 30.1 Å². The van der Waals surface area contributed by atoms with E-state index in [1.54, 1.807) is 31.2 Å². The Hall–Kier alpha value is -2.48. The molecule has 32 heavy (non-hydrogen) atoms. The molecule has 0 saturated carbocycles. The van der Waals surface area contributed by atoms with E-state index < -0.39 is 10.1 Å². The molecular weight excluding hydrogens is 470 g/mol. The molecule has 1 saturated heterocycles. The van der Waals surface area contributed by atoms with Crippen molar-refractivity contribution in [1.82, 2.24) is 10.2 Å². The number of nitrogens with one attached hydrogen (secondary N) is 1. The molecular formula is C22H22ClN3O4S2. The van der Waals surface area contributed by atoms with Gasteiger partial charge < -0.3 is 10.2 Å². The fraction of sp³-hybridized carbons (Fsp3) is 0.273. The number of carbonyl (C=O) groups is 1. The summed E-state index contributed by atoms with van der Waals surface area (Å²) in [5.74, 6) is 0.148. The van der Waals surface area contributed by atoms with Crippen LogP contribution in [-0.2, 0) is 21.5 Å². The maximum atomic E-state index is 11.9. The van der Waals surface area contributed by atoms with E-state index in [0.717, 1.165) is 40.0 Å². The number of hydrogen-bond acceptors (Lipinski definition) is 6. The second-order valence-corrected chi connectivity index (χ2v) is 10.4. The van der Waals surface area contributed by atoms with Gasteiger partial charge in [-0.1, -0.05) is 23.7 Å². The van der Waals surface area contributed by atoms with E-state index >= 15 is 0 Å². The quantitative estimate of drug-likeness (QED) is 0.534. The molecule has 0 bridgehead atoms. The molecule has 7 nitrogen and oxygen atoms in total. The normalized spacial score (nSPS) is 16.0. The summed E-state index contributed by atoms with van der Waals surface area (Å²) in [5.41, 5.74) is 2.19. The van der Waals surface area contributed by atoms with Gasteiger partial charge in [0, 0.05) is 22.8 Å². The second-order valence-electron chi connectivity index (χ2n) is 7.33. The summed E-state index contributed by atoms with van der Waals surface area (Å²) in [6.45, 7) is 3.02. The van der Waals surface area contributed by atoms with E-state index in [9.17, 15) is 13.2 Å². The summed E-state index contributed by atoms with van der Waals surface area (Å²) in [7, 11) is -2.32. The standard InChI is InChI=1S/C13H15N3O.C9H7ClO3S2/c1-15-12-5-6-16(13(12)17)9-11-4-2-3-10(7-11)8-14;1-5-7-4-6(10)2-3-8(7)14-9(5)15(11,12)13/h2-4,7,12,15H,5-6,9H2,1H3;2-4H,1H3,(H,11,12,13)/t12-;/m0./s1. The Balaban J connectivity index is 0.000000182. The van der Waals surface area contributed by atoms with Gasteiger partial charge in [-0.25, -0.2) is 0 Å². The maximum Gasteiger partial charge on any atom is 0.304 e. The first kappa shape index (κ1) is 24.2. The molecule has 1 atom stereocenters. The van der Waals surface area contributed by atoms with E-state index in [4.69, 9.17) is 21.4 Å². The Kier molecular flexibility index (Phi) is 7.54. The molecule has 0 spiro atoms. The number of benzene rings is 2. The third kappa shape index (κ3) is 5.46. The first-order valence-electron chi connectivity index (χ1n) is 9.75. The van der Waals surface area contributed by atoms with Crippen molar-refractivity contribution in [3.63, 3.8) is 0 Å². The lowest BCUT2D eigenvalue weighted by Crippen LogP contribution is -2.35. The highest BCUT2D eigenvalue weighted by molar-refractivity contribution is 7.88. The van der Waals surface area contributed by atoms with Crippen molar-refractivity contribution in [2.75, 3.05) is 13.6 Å². The monoisotopic (exact) mass is 491 g/mol. The number of amides is 1. The zero-order valence-corrected chi connectivity index (χ0v) is 19.9. The van der Waals surface area contributed by atoms with Crippen LogP contribution < -0.4 is 5.32 Å². The lowest BCUT2D eigenvalue weighted by Gasteiger charge is -2.16. The second kappa shape index (κ2) is 9.98. The molecule has 0 radical (unpaired) electrons. The van der Waals surface area contributed by atoms with E-state index in [1.165, 1.54) is 0 Å². The van der Waals surface area contributed by atoms with Gasteiger partial charge in [0.25, 0.3) is 0 Å². The van der Waals surface area contributed by atoms with Crippen LogP contribution in [0.1, 0.15) is 23.1 Å². The summed E-state index contributed by atoms with van der Waals surface area (Å²) < 4.78 is 31.9. The number of rotatable bonds is 4. The van der Waals surface area contributed by atoms with Gasteiger partial charge >= 0.3 is 10.1 Å². The Morgan fingerprint density at radius 3 is 2.69 bits per heavy atom. The third-order valence-electron chi connectivity index (χ3n) is 5.16. The van der Waals surface area contributed by atoms with Crippen molar-refractivity contribution in [3.05, 3.63) is 64.2 Å². The van der Waals surface area contributed by atoms with Gasteiger partial charge in [0.1, 0.15) is 0 Å². The number of fused-ring (bicyclic) bond motifs is 1. The molecule has 1 fully saturated rings. The Bertz CT molecular complexity index is 1300. The number of nitrogens with zero attached hydrogens (tertiary/aromatic N) is 2. The van der Waals surface area contributed by atoms with Crippen molar-refractivity contribution >= 4 is 49.0 Å². The molecule has 2 N–H and O–H groups in total. The van der Waals surface area contributed by atoms with Gasteiger partial charge in [0.05, 0.1) is 17.7 Å². The van der Waals surface area contributed by atoms with Crippen LogP contribution in [0.3, 0.4) is 0 Å². The highest BCUT2D eigenvalue weighted by Gasteiger charge is 2.29. The number of nitriles is 1.